The Bertz CT molecular complexity index is 498. The quantitative estimate of drug-likeness (QED) is 0.149. The fourth-order valence-electron chi connectivity index (χ4n) is 3.68. The molecular formula is C33H64. The van der Waals surface area contributed by atoms with Crippen molar-refractivity contribution < 1.29 is 0 Å². The molecule has 196 valence electrons. The van der Waals surface area contributed by atoms with Crippen LogP contribution in [0.1, 0.15) is 153 Å². The van der Waals surface area contributed by atoms with Gasteiger partial charge in [-0.2, -0.15) is 0 Å². The highest BCUT2D eigenvalue weighted by molar-refractivity contribution is 5.55. The molecule has 0 aromatic heterocycles. The van der Waals surface area contributed by atoms with Crippen molar-refractivity contribution in [2.45, 2.75) is 153 Å². The predicted molar refractivity (Wildman–Crippen MR) is 160 cm³/mol. The van der Waals surface area contributed by atoms with Crippen LogP contribution in [0, 0.1) is 0 Å². The molecule has 0 saturated heterocycles. The molecule has 0 bridgehead atoms. The first kappa shape index (κ1) is 38.9. The van der Waals surface area contributed by atoms with Crippen LogP contribution in [0.15, 0.2) is 59.8 Å². The molecule has 0 aliphatic heterocycles. The van der Waals surface area contributed by atoms with E-state index in [4.69, 9.17) is 0 Å². The standard InChI is InChI=1S/C16H34.C14H20.C2H6.CH4/c1-3-5-7-9-11-13-15-16-14-12-10-8-6-4-2;1-8-12(7)14(11(5)6)13(9-2)10(3)4;1-2;/h3-16H2,1-2H3;8-9H,2-3,5H2,1,4,6-7H3;1-2H3;1H4/b;12-8-,14-13+;;. The Morgan fingerprint density at radius 2 is 0.909 bits per heavy atom. The molecule has 0 amide bonds. The summed E-state index contributed by atoms with van der Waals surface area (Å²) in [6.07, 6.45) is 24.3. The van der Waals surface area contributed by atoms with E-state index in [1.54, 1.807) is 0 Å². The SMILES string of the molecule is C.C=C/C(C(=C)C)=C(C(=C)C)\C(C)=C/C.CC.CCCCCCCCCCCCCCCC. The fraction of sp³-hybridized carbons (Fsp3) is 0.697. The van der Waals surface area contributed by atoms with Gasteiger partial charge in [0.2, 0.25) is 0 Å². The molecule has 0 heterocycles. The van der Waals surface area contributed by atoms with Crippen LogP contribution in [0.4, 0.5) is 0 Å². The van der Waals surface area contributed by atoms with Gasteiger partial charge in [-0.1, -0.05) is 168 Å². The van der Waals surface area contributed by atoms with Crippen molar-refractivity contribution >= 4 is 0 Å². The van der Waals surface area contributed by atoms with Crippen LogP contribution < -0.4 is 0 Å². The van der Waals surface area contributed by atoms with E-state index in [1.807, 2.05) is 40.7 Å². The van der Waals surface area contributed by atoms with Crippen molar-refractivity contribution in [1.82, 2.24) is 0 Å². The van der Waals surface area contributed by atoms with Gasteiger partial charge in [0.15, 0.2) is 0 Å². The van der Waals surface area contributed by atoms with Crippen molar-refractivity contribution in [3.63, 3.8) is 0 Å². The molecule has 0 aromatic carbocycles. The second-order valence-corrected chi connectivity index (χ2v) is 8.77. The van der Waals surface area contributed by atoms with Gasteiger partial charge in [0.1, 0.15) is 0 Å². The minimum absolute atomic E-state index is 0. The van der Waals surface area contributed by atoms with Gasteiger partial charge in [0.05, 0.1) is 0 Å². The third-order valence-electron chi connectivity index (χ3n) is 5.64. The first-order valence-corrected chi connectivity index (χ1v) is 13.7. The van der Waals surface area contributed by atoms with Crippen LogP contribution in [0.5, 0.6) is 0 Å². The summed E-state index contributed by atoms with van der Waals surface area (Å²) < 4.78 is 0. The lowest BCUT2D eigenvalue weighted by Crippen LogP contribution is -1.94. The second-order valence-electron chi connectivity index (χ2n) is 8.77. The molecule has 0 radical (unpaired) electrons. The lowest BCUT2D eigenvalue weighted by Gasteiger charge is -2.13. The Kier molecular flexibility index (Phi) is 36.2. The molecule has 0 aromatic rings. The van der Waals surface area contributed by atoms with Gasteiger partial charge in [0.25, 0.3) is 0 Å². The highest BCUT2D eigenvalue weighted by Crippen LogP contribution is 2.26. The first-order valence-electron chi connectivity index (χ1n) is 13.7. The van der Waals surface area contributed by atoms with E-state index in [2.05, 4.69) is 46.6 Å². The molecule has 0 atom stereocenters. The van der Waals surface area contributed by atoms with Crippen molar-refractivity contribution in [2.24, 2.45) is 0 Å². The Labute approximate surface area is 212 Å². The van der Waals surface area contributed by atoms with E-state index in [-0.39, 0.29) is 7.43 Å². The zero-order valence-electron chi connectivity index (χ0n) is 23.7. The third kappa shape index (κ3) is 25.2. The largest absolute Gasteiger partial charge is 0.0984 e. The zero-order chi connectivity index (χ0) is 25.2. The first-order chi connectivity index (χ1) is 15.4. The Morgan fingerprint density at radius 1 is 0.606 bits per heavy atom. The van der Waals surface area contributed by atoms with Gasteiger partial charge in [-0.15, -0.1) is 0 Å². The van der Waals surface area contributed by atoms with Crippen LogP contribution in [0.2, 0.25) is 0 Å². The lowest BCUT2D eigenvalue weighted by atomic mass is 9.92. The van der Waals surface area contributed by atoms with Crippen LogP contribution in [-0.4, -0.2) is 0 Å². The topological polar surface area (TPSA) is 0 Å². The number of rotatable bonds is 17. The summed E-state index contributed by atoms with van der Waals surface area (Å²) in [6, 6.07) is 0. The van der Waals surface area contributed by atoms with Crippen LogP contribution in [-0.2, 0) is 0 Å². The molecule has 0 rings (SSSR count). The normalized spacial score (nSPS) is 11.1. The van der Waals surface area contributed by atoms with Crippen LogP contribution in [0.3, 0.4) is 0 Å². The van der Waals surface area contributed by atoms with Gasteiger partial charge in [-0.3, -0.25) is 0 Å². The molecule has 0 nitrogen and oxygen atoms in total. The molecule has 0 fully saturated rings. The van der Waals surface area contributed by atoms with Crippen molar-refractivity contribution in [3.05, 3.63) is 59.8 Å². The molecule has 0 spiro atoms. The summed E-state index contributed by atoms with van der Waals surface area (Å²) >= 11 is 0. The van der Waals surface area contributed by atoms with Gasteiger partial charge in [-0.05, 0) is 44.4 Å². The number of allylic oxidation sites excluding steroid dienone is 7. The summed E-state index contributed by atoms with van der Waals surface area (Å²) in [7, 11) is 0. The smallest absolute Gasteiger partial charge is 0.0132 e. The average Bonchev–Trinajstić information content (AvgIpc) is 2.79. The summed E-state index contributed by atoms with van der Waals surface area (Å²) in [5.74, 6) is 0. The Morgan fingerprint density at radius 3 is 1.09 bits per heavy atom. The maximum absolute atomic E-state index is 3.99. The maximum Gasteiger partial charge on any atom is -0.0132 e. The average molecular weight is 461 g/mol. The van der Waals surface area contributed by atoms with E-state index < -0.39 is 0 Å². The predicted octanol–water partition coefficient (Wildman–Crippen LogP) is 12.7. The van der Waals surface area contributed by atoms with E-state index in [1.165, 1.54) is 95.5 Å². The van der Waals surface area contributed by atoms with Gasteiger partial charge in [0, 0.05) is 0 Å². The van der Waals surface area contributed by atoms with E-state index in [0.29, 0.717) is 0 Å². The molecule has 0 N–H and O–H groups in total. The molecule has 0 heteroatoms. The number of hydrogen-bond donors (Lipinski definition) is 0. The summed E-state index contributed by atoms with van der Waals surface area (Å²) in [5, 5.41) is 0. The fourth-order valence-corrected chi connectivity index (χ4v) is 3.68. The minimum atomic E-state index is 0. The number of unbranched alkanes of at least 4 members (excludes halogenated alkanes) is 13. The molecular weight excluding hydrogens is 396 g/mol. The highest BCUT2D eigenvalue weighted by atomic mass is 14.1. The number of hydrogen-bond acceptors (Lipinski definition) is 0. The zero-order valence-corrected chi connectivity index (χ0v) is 23.7. The third-order valence-corrected chi connectivity index (χ3v) is 5.64. The molecule has 0 aliphatic carbocycles. The van der Waals surface area contributed by atoms with Crippen molar-refractivity contribution in [1.29, 1.82) is 0 Å². The summed E-state index contributed by atoms with van der Waals surface area (Å²) in [4.78, 5) is 0. The van der Waals surface area contributed by atoms with Crippen molar-refractivity contribution in [3.8, 4) is 0 Å². The van der Waals surface area contributed by atoms with Gasteiger partial charge in [-0.25, -0.2) is 0 Å². The summed E-state index contributed by atoms with van der Waals surface area (Å²) in [5.41, 5.74) is 5.55. The highest BCUT2D eigenvalue weighted by Gasteiger charge is 2.07. The van der Waals surface area contributed by atoms with Gasteiger partial charge < -0.3 is 0 Å². The van der Waals surface area contributed by atoms with E-state index >= 15 is 0 Å². The maximum atomic E-state index is 3.99. The van der Waals surface area contributed by atoms with Crippen LogP contribution >= 0.6 is 0 Å². The van der Waals surface area contributed by atoms with Crippen LogP contribution in [0.25, 0.3) is 0 Å². The lowest BCUT2D eigenvalue weighted by molar-refractivity contribution is 0.538. The second kappa shape index (κ2) is 30.7. The molecule has 0 aliphatic rings. The molecule has 0 saturated carbocycles. The van der Waals surface area contributed by atoms with E-state index in [0.717, 1.165) is 22.3 Å². The summed E-state index contributed by atoms with van der Waals surface area (Å²) in [6.45, 7) is 28.4. The Balaban J connectivity index is -0.000000232. The monoisotopic (exact) mass is 461 g/mol. The molecule has 0 unspecified atom stereocenters. The van der Waals surface area contributed by atoms with Crippen molar-refractivity contribution in [2.75, 3.05) is 0 Å². The van der Waals surface area contributed by atoms with Gasteiger partial charge >= 0.3 is 0 Å². The molecule has 33 heavy (non-hydrogen) atoms. The minimum Gasteiger partial charge on any atom is -0.0984 e. The Hall–Kier alpha value is -1.30. The van der Waals surface area contributed by atoms with E-state index in [9.17, 15) is 0 Å².